The first-order valence-corrected chi connectivity index (χ1v) is 10.0. The molecule has 154 valence electrons. The third-order valence-corrected chi connectivity index (χ3v) is 5.80. The Morgan fingerprint density at radius 1 is 1.17 bits per heavy atom. The van der Waals surface area contributed by atoms with E-state index in [0.29, 0.717) is 16.1 Å². The highest BCUT2D eigenvalue weighted by atomic mass is 35.5. The summed E-state index contributed by atoms with van der Waals surface area (Å²) < 4.78 is 4.91. The number of ether oxygens (including phenoxy) is 1. The van der Waals surface area contributed by atoms with Gasteiger partial charge in [0.15, 0.2) is 0 Å². The molecule has 1 heterocycles. The van der Waals surface area contributed by atoms with Gasteiger partial charge in [0.1, 0.15) is 10.6 Å². The van der Waals surface area contributed by atoms with E-state index in [1.165, 1.54) is 30.6 Å². The predicted molar refractivity (Wildman–Crippen MR) is 117 cm³/mol. The highest BCUT2D eigenvalue weighted by Gasteiger charge is 2.26. The monoisotopic (exact) mass is 464 g/mol. The largest absolute Gasteiger partial charge is 0.465 e. The van der Waals surface area contributed by atoms with Crippen LogP contribution >= 0.6 is 34.5 Å². The quantitative estimate of drug-likeness (QED) is 0.284. The summed E-state index contributed by atoms with van der Waals surface area (Å²) in [5.41, 5.74) is 1.06. The van der Waals surface area contributed by atoms with E-state index in [9.17, 15) is 19.7 Å². The molecule has 0 fully saturated rings. The molecule has 3 rings (SSSR count). The number of hydrogen-bond donors (Lipinski definition) is 1. The number of aryl methyl sites for hydroxylation is 1. The van der Waals surface area contributed by atoms with Crippen molar-refractivity contribution < 1.29 is 19.2 Å². The van der Waals surface area contributed by atoms with E-state index < -0.39 is 16.8 Å². The number of esters is 1. The molecule has 0 unspecified atom stereocenters. The number of nitro groups is 1. The molecule has 2 aromatic carbocycles. The van der Waals surface area contributed by atoms with Gasteiger partial charge in [0, 0.05) is 27.6 Å². The Kier molecular flexibility index (Phi) is 6.40. The number of carbonyl (C=O) groups excluding carboxylic acids is 2. The van der Waals surface area contributed by atoms with Crippen LogP contribution in [-0.4, -0.2) is 23.9 Å². The topological polar surface area (TPSA) is 98.5 Å². The first-order valence-electron chi connectivity index (χ1n) is 8.45. The molecule has 0 radical (unpaired) electrons. The van der Waals surface area contributed by atoms with Crippen LogP contribution < -0.4 is 5.32 Å². The summed E-state index contributed by atoms with van der Waals surface area (Å²) in [6.07, 6.45) is 0. The van der Waals surface area contributed by atoms with E-state index in [1.807, 2.05) is 0 Å². The van der Waals surface area contributed by atoms with Crippen molar-refractivity contribution in [1.82, 2.24) is 0 Å². The molecule has 30 heavy (non-hydrogen) atoms. The van der Waals surface area contributed by atoms with Gasteiger partial charge in [-0.15, -0.1) is 11.3 Å². The van der Waals surface area contributed by atoms with Crippen LogP contribution in [0.1, 0.15) is 25.6 Å². The van der Waals surface area contributed by atoms with Gasteiger partial charge in [-0.3, -0.25) is 14.9 Å². The van der Waals surface area contributed by atoms with Crippen molar-refractivity contribution in [2.24, 2.45) is 0 Å². The lowest BCUT2D eigenvalue weighted by Crippen LogP contribution is -2.15. The van der Waals surface area contributed by atoms with Gasteiger partial charge in [0.25, 0.3) is 11.6 Å². The highest BCUT2D eigenvalue weighted by Crippen LogP contribution is 2.41. The summed E-state index contributed by atoms with van der Waals surface area (Å²) in [5, 5.41) is 14.4. The maximum atomic E-state index is 12.8. The maximum absolute atomic E-state index is 12.8. The molecular formula is C20H14Cl2N2O5S. The standard InChI is InChI=1S/C20H14Cl2N2O5S/c1-10-16(11-4-3-5-12(21)8-11)17(20(26)29-2)19(30-10)23-18(25)14-9-13(24(27)28)6-7-15(14)22/h3-9H,1-2H3,(H,23,25). The van der Waals surface area contributed by atoms with Crippen molar-refractivity contribution in [2.45, 2.75) is 6.92 Å². The molecule has 0 bridgehead atoms. The molecule has 0 aliphatic heterocycles. The second-order valence-corrected chi connectivity index (χ2v) is 8.18. The number of anilines is 1. The minimum Gasteiger partial charge on any atom is -0.465 e. The van der Waals surface area contributed by atoms with Crippen LogP contribution in [0.3, 0.4) is 0 Å². The number of halogens is 2. The Hall–Kier alpha value is -2.94. The third kappa shape index (κ3) is 4.30. The van der Waals surface area contributed by atoms with Crippen molar-refractivity contribution in [3.05, 3.63) is 78.6 Å². The number of amides is 1. The smallest absolute Gasteiger partial charge is 0.341 e. The van der Waals surface area contributed by atoms with Crippen LogP contribution in [0.5, 0.6) is 0 Å². The van der Waals surface area contributed by atoms with Gasteiger partial charge < -0.3 is 10.1 Å². The summed E-state index contributed by atoms with van der Waals surface area (Å²) in [5.74, 6) is -1.33. The second kappa shape index (κ2) is 8.83. The fourth-order valence-corrected chi connectivity index (χ4v) is 4.35. The Morgan fingerprint density at radius 2 is 1.90 bits per heavy atom. The lowest BCUT2D eigenvalue weighted by Gasteiger charge is -2.09. The molecule has 0 spiro atoms. The fourth-order valence-electron chi connectivity index (χ4n) is 2.89. The van der Waals surface area contributed by atoms with Crippen molar-refractivity contribution in [3.63, 3.8) is 0 Å². The number of benzene rings is 2. The van der Waals surface area contributed by atoms with E-state index in [0.717, 1.165) is 10.9 Å². The molecule has 3 aromatic rings. The van der Waals surface area contributed by atoms with E-state index in [-0.39, 0.29) is 26.8 Å². The number of carbonyl (C=O) groups is 2. The number of nitro benzene ring substituents is 1. The molecule has 7 nitrogen and oxygen atoms in total. The van der Waals surface area contributed by atoms with Gasteiger partial charge in [0.05, 0.1) is 22.6 Å². The molecule has 0 saturated heterocycles. The van der Waals surface area contributed by atoms with Crippen LogP contribution in [0, 0.1) is 17.0 Å². The molecule has 0 atom stereocenters. The average molecular weight is 465 g/mol. The van der Waals surface area contributed by atoms with Crippen molar-refractivity contribution in [2.75, 3.05) is 12.4 Å². The Balaban J connectivity index is 2.08. The summed E-state index contributed by atoms with van der Waals surface area (Å²) in [6, 6.07) is 10.5. The SMILES string of the molecule is COC(=O)c1c(NC(=O)c2cc([N+](=O)[O-])ccc2Cl)sc(C)c1-c1cccc(Cl)c1. The lowest BCUT2D eigenvalue weighted by atomic mass is 10.0. The number of thiophene rings is 1. The molecule has 0 aliphatic carbocycles. The number of nitrogens with zero attached hydrogens (tertiary/aromatic N) is 1. The predicted octanol–water partition coefficient (Wildman–Crippen LogP) is 5.98. The molecule has 1 aromatic heterocycles. The van der Waals surface area contributed by atoms with Crippen molar-refractivity contribution >= 4 is 57.1 Å². The Labute approximate surface area is 185 Å². The summed E-state index contributed by atoms with van der Waals surface area (Å²) in [7, 11) is 1.24. The summed E-state index contributed by atoms with van der Waals surface area (Å²) >= 11 is 13.3. The zero-order valence-corrected chi connectivity index (χ0v) is 18.0. The van der Waals surface area contributed by atoms with Crippen LogP contribution in [0.25, 0.3) is 11.1 Å². The molecule has 1 amide bonds. The number of rotatable bonds is 5. The Morgan fingerprint density at radius 3 is 2.53 bits per heavy atom. The second-order valence-electron chi connectivity index (χ2n) is 6.11. The van der Waals surface area contributed by atoms with E-state index in [4.69, 9.17) is 27.9 Å². The zero-order chi connectivity index (χ0) is 22.0. The summed E-state index contributed by atoms with van der Waals surface area (Å²) in [6.45, 7) is 1.79. The number of nitrogens with one attached hydrogen (secondary N) is 1. The molecule has 0 aliphatic rings. The minimum atomic E-state index is -0.687. The highest BCUT2D eigenvalue weighted by molar-refractivity contribution is 7.17. The number of methoxy groups -OCH3 is 1. The van der Waals surface area contributed by atoms with Crippen LogP contribution in [0.4, 0.5) is 10.7 Å². The molecule has 1 N–H and O–H groups in total. The fraction of sp³-hybridized carbons (Fsp3) is 0.100. The maximum Gasteiger partial charge on any atom is 0.341 e. The zero-order valence-electron chi connectivity index (χ0n) is 15.7. The number of non-ortho nitro benzene ring substituents is 1. The first-order chi connectivity index (χ1) is 14.2. The third-order valence-electron chi connectivity index (χ3n) is 4.22. The van der Waals surface area contributed by atoms with Gasteiger partial charge in [-0.05, 0) is 30.7 Å². The van der Waals surface area contributed by atoms with Crippen LogP contribution in [0.2, 0.25) is 10.0 Å². The van der Waals surface area contributed by atoms with Crippen LogP contribution in [0.15, 0.2) is 42.5 Å². The molecular weight excluding hydrogens is 451 g/mol. The Bertz CT molecular complexity index is 1180. The van der Waals surface area contributed by atoms with Crippen LogP contribution in [-0.2, 0) is 4.74 Å². The van der Waals surface area contributed by atoms with Crippen molar-refractivity contribution in [1.29, 1.82) is 0 Å². The summed E-state index contributed by atoms with van der Waals surface area (Å²) in [4.78, 5) is 36.5. The molecule has 0 saturated carbocycles. The average Bonchev–Trinajstić information content (AvgIpc) is 3.03. The minimum absolute atomic E-state index is 0.0426. The van der Waals surface area contributed by atoms with Gasteiger partial charge in [-0.1, -0.05) is 35.3 Å². The van der Waals surface area contributed by atoms with Gasteiger partial charge in [0.2, 0.25) is 0 Å². The van der Waals surface area contributed by atoms with Crippen molar-refractivity contribution in [3.8, 4) is 11.1 Å². The van der Waals surface area contributed by atoms with Gasteiger partial charge in [-0.25, -0.2) is 4.79 Å². The van der Waals surface area contributed by atoms with E-state index in [2.05, 4.69) is 5.32 Å². The normalized spacial score (nSPS) is 10.5. The molecule has 10 heteroatoms. The lowest BCUT2D eigenvalue weighted by molar-refractivity contribution is -0.384. The first kappa shape index (κ1) is 21.8. The van der Waals surface area contributed by atoms with Gasteiger partial charge in [-0.2, -0.15) is 0 Å². The number of hydrogen-bond acceptors (Lipinski definition) is 6. The van der Waals surface area contributed by atoms with E-state index >= 15 is 0 Å². The van der Waals surface area contributed by atoms with E-state index in [1.54, 1.807) is 31.2 Å². The van der Waals surface area contributed by atoms with Gasteiger partial charge >= 0.3 is 5.97 Å².